The average molecular weight is 587 g/mol. The molecule has 0 amide bonds. The lowest BCUT2D eigenvalue weighted by molar-refractivity contribution is -0.140. The van der Waals surface area contributed by atoms with Crippen LogP contribution in [0.5, 0.6) is 11.5 Å². The maximum Gasteiger partial charge on any atom is 0.338 e. The number of ether oxygens (including phenoxy) is 4. The molecule has 0 spiro atoms. The predicted octanol–water partition coefficient (Wildman–Crippen LogP) is 3.59. The van der Waals surface area contributed by atoms with Crippen LogP contribution < -0.4 is 24.4 Å². The van der Waals surface area contributed by atoms with Gasteiger partial charge in [0.2, 0.25) is 0 Å². The van der Waals surface area contributed by atoms with Crippen LogP contribution in [0.3, 0.4) is 0 Å². The number of carbonyl (C=O) groups is 1. The highest BCUT2D eigenvalue weighted by Gasteiger charge is 2.35. The molecule has 3 aromatic rings. The Morgan fingerprint density at radius 3 is 2.65 bits per heavy atom. The molecule has 1 atom stereocenters. The van der Waals surface area contributed by atoms with Crippen molar-refractivity contribution in [3.8, 4) is 11.5 Å². The van der Waals surface area contributed by atoms with Gasteiger partial charge in [-0.3, -0.25) is 9.36 Å². The summed E-state index contributed by atoms with van der Waals surface area (Å²) in [5.74, 6) is 0.720. The maximum absolute atomic E-state index is 13.8. The summed E-state index contributed by atoms with van der Waals surface area (Å²) in [5.41, 5.74) is 1.98. The molecule has 37 heavy (non-hydrogen) atoms. The van der Waals surface area contributed by atoms with Crippen molar-refractivity contribution in [2.45, 2.75) is 19.9 Å². The molecule has 1 aliphatic heterocycles. The number of nitrogens with zero attached hydrogens (tertiary/aromatic N) is 2. The number of aromatic nitrogens is 1. The first-order chi connectivity index (χ1) is 17.9. The second kappa shape index (κ2) is 11.9. The van der Waals surface area contributed by atoms with Crippen molar-refractivity contribution >= 4 is 39.3 Å². The van der Waals surface area contributed by atoms with Crippen LogP contribution in [-0.2, 0) is 14.3 Å². The van der Waals surface area contributed by atoms with Crippen molar-refractivity contribution in [3.63, 3.8) is 0 Å². The monoisotopic (exact) mass is 586 g/mol. The number of hydrogen-bond acceptors (Lipinski definition) is 8. The molecule has 0 radical (unpaired) electrons. The van der Waals surface area contributed by atoms with Crippen molar-refractivity contribution < 1.29 is 23.7 Å². The standard InChI is InChI=1S/C27H27BrN2O6S/c1-5-35-21-11-10-17(14-19(21)28)15-22-25(31)30-24(18-8-6-7-9-20(18)34-4)23(16(2)29-27(30)37-22)26(32)36-13-12-33-3/h6-11,14-15,24H,5,12-13H2,1-4H3. The van der Waals surface area contributed by atoms with Gasteiger partial charge in [0, 0.05) is 12.7 Å². The van der Waals surface area contributed by atoms with Crippen LogP contribution in [-0.4, -0.2) is 44.6 Å². The summed E-state index contributed by atoms with van der Waals surface area (Å²) in [6, 6.07) is 12.2. The van der Waals surface area contributed by atoms with Gasteiger partial charge in [-0.1, -0.05) is 35.6 Å². The van der Waals surface area contributed by atoms with Crippen LogP contribution in [0.15, 0.2) is 68.0 Å². The van der Waals surface area contributed by atoms with Crippen molar-refractivity contribution in [1.29, 1.82) is 0 Å². The summed E-state index contributed by atoms with van der Waals surface area (Å²) in [6.07, 6.45) is 1.81. The number of rotatable bonds is 9. The fraction of sp³-hybridized carbons (Fsp3) is 0.296. The van der Waals surface area contributed by atoms with Crippen LogP contribution in [0, 0.1) is 0 Å². The van der Waals surface area contributed by atoms with Gasteiger partial charge in [0.05, 0.1) is 40.6 Å². The van der Waals surface area contributed by atoms with Gasteiger partial charge in [0.1, 0.15) is 24.1 Å². The Kier molecular flexibility index (Phi) is 8.63. The molecular weight excluding hydrogens is 560 g/mol. The van der Waals surface area contributed by atoms with E-state index in [2.05, 4.69) is 20.9 Å². The Morgan fingerprint density at radius 2 is 1.95 bits per heavy atom. The van der Waals surface area contributed by atoms with Gasteiger partial charge in [-0.15, -0.1) is 0 Å². The van der Waals surface area contributed by atoms with Gasteiger partial charge in [0.25, 0.3) is 5.56 Å². The molecule has 0 saturated heterocycles. The zero-order valence-corrected chi connectivity index (χ0v) is 23.4. The minimum absolute atomic E-state index is 0.0851. The average Bonchev–Trinajstić information content (AvgIpc) is 3.19. The molecule has 0 fully saturated rings. The highest BCUT2D eigenvalue weighted by atomic mass is 79.9. The van der Waals surface area contributed by atoms with Gasteiger partial charge < -0.3 is 18.9 Å². The summed E-state index contributed by atoms with van der Waals surface area (Å²) in [5, 5.41) is 0. The summed E-state index contributed by atoms with van der Waals surface area (Å²) in [7, 11) is 3.09. The van der Waals surface area contributed by atoms with Crippen LogP contribution in [0.2, 0.25) is 0 Å². The predicted molar refractivity (Wildman–Crippen MR) is 145 cm³/mol. The van der Waals surface area contributed by atoms with Gasteiger partial charge in [-0.25, -0.2) is 9.79 Å². The first-order valence-electron chi connectivity index (χ1n) is 11.6. The molecule has 0 bridgehead atoms. The van der Waals surface area contributed by atoms with Crippen molar-refractivity contribution in [3.05, 3.63) is 89.0 Å². The fourth-order valence-corrected chi connectivity index (χ4v) is 5.65. The number of fused-ring (bicyclic) bond motifs is 1. The van der Waals surface area contributed by atoms with E-state index in [0.717, 1.165) is 15.8 Å². The molecule has 0 saturated carbocycles. The van der Waals surface area contributed by atoms with Crippen molar-refractivity contribution in [1.82, 2.24) is 4.57 Å². The molecule has 0 N–H and O–H groups in total. The van der Waals surface area contributed by atoms with E-state index in [1.165, 1.54) is 23.0 Å². The first kappa shape index (κ1) is 26.8. The highest BCUT2D eigenvalue weighted by molar-refractivity contribution is 9.10. The number of esters is 1. The zero-order chi connectivity index (χ0) is 26.5. The Morgan fingerprint density at radius 1 is 1.16 bits per heavy atom. The van der Waals surface area contributed by atoms with E-state index in [1.54, 1.807) is 26.2 Å². The van der Waals surface area contributed by atoms with E-state index in [1.807, 2.05) is 43.3 Å². The molecular formula is C27H27BrN2O6S. The maximum atomic E-state index is 13.8. The number of carbonyl (C=O) groups excluding carboxylic acids is 1. The summed E-state index contributed by atoms with van der Waals surface area (Å²) < 4.78 is 24.5. The number of methoxy groups -OCH3 is 2. The lowest BCUT2D eigenvalue weighted by Gasteiger charge is -2.26. The molecule has 10 heteroatoms. The smallest absolute Gasteiger partial charge is 0.338 e. The Labute approximate surface area is 226 Å². The van der Waals surface area contributed by atoms with Gasteiger partial charge in [0.15, 0.2) is 4.80 Å². The third kappa shape index (κ3) is 5.56. The largest absolute Gasteiger partial charge is 0.496 e. The van der Waals surface area contributed by atoms with E-state index in [9.17, 15) is 9.59 Å². The molecule has 2 aromatic carbocycles. The minimum Gasteiger partial charge on any atom is -0.496 e. The van der Waals surface area contributed by atoms with E-state index in [0.29, 0.717) is 33.0 Å². The van der Waals surface area contributed by atoms with Gasteiger partial charge in [-0.2, -0.15) is 0 Å². The van der Waals surface area contributed by atoms with Crippen molar-refractivity contribution in [2.24, 2.45) is 4.99 Å². The van der Waals surface area contributed by atoms with E-state index >= 15 is 0 Å². The molecule has 1 aromatic heterocycles. The molecule has 2 heterocycles. The van der Waals surface area contributed by atoms with Crippen LogP contribution in [0.1, 0.15) is 31.0 Å². The molecule has 1 aliphatic rings. The SMILES string of the molecule is CCOc1ccc(C=c2sc3n(c2=O)C(c2ccccc2OC)C(C(=O)OCCOC)=C(C)N=3)cc1Br. The van der Waals surface area contributed by atoms with Crippen molar-refractivity contribution in [2.75, 3.05) is 34.0 Å². The van der Waals surface area contributed by atoms with E-state index in [4.69, 9.17) is 18.9 Å². The minimum atomic E-state index is -0.767. The number of para-hydroxylation sites is 1. The first-order valence-corrected chi connectivity index (χ1v) is 13.2. The second-order valence-electron chi connectivity index (χ2n) is 8.08. The topological polar surface area (TPSA) is 88.4 Å². The number of halogens is 1. The Bertz CT molecular complexity index is 1520. The van der Waals surface area contributed by atoms with Crippen LogP contribution in [0.25, 0.3) is 6.08 Å². The lowest BCUT2D eigenvalue weighted by Crippen LogP contribution is -2.40. The summed E-state index contributed by atoms with van der Waals surface area (Å²) in [4.78, 5) is 32.2. The lowest BCUT2D eigenvalue weighted by atomic mass is 9.95. The number of benzene rings is 2. The fourth-order valence-electron chi connectivity index (χ4n) is 4.10. The third-order valence-electron chi connectivity index (χ3n) is 5.75. The van der Waals surface area contributed by atoms with Gasteiger partial charge in [-0.05, 0) is 59.6 Å². The zero-order valence-electron chi connectivity index (χ0n) is 20.9. The third-order valence-corrected chi connectivity index (χ3v) is 7.35. The number of hydrogen-bond donors (Lipinski definition) is 0. The normalized spacial score (nSPS) is 15.3. The highest BCUT2D eigenvalue weighted by Crippen LogP contribution is 2.35. The molecule has 0 aliphatic carbocycles. The molecule has 1 unspecified atom stereocenters. The quantitative estimate of drug-likeness (QED) is 0.281. The Balaban J connectivity index is 1.88. The molecule has 194 valence electrons. The van der Waals surface area contributed by atoms with Crippen LogP contribution >= 0.6 is 27.3 Å². The Hall–Kier alpha value is -3.21. The molecule has 4 rings (SSSR count). The summed E-state index contributed by atoms with van der Waals surface area (Å²) in [6.45, 7) is 4.56. The number of thiazole rings is 1. The van der Waals surface area contributed by atoms with Crippen LogP contribution in [0.4, 0.5) is 0 Å². The van der Waals surface area contributed by atoms with E-state index < -0.39 is 12.0 Å². The number of allylic oxidation sites excluding steroid dienone is 1. The molecule has 8 nitrogen and oxygen atoms in total. The van der Waals surface area contributed by atoms with Gasteiger partial charge >= 0.3 is 5.97 Å². The second-order valence-corrected chi connectivity index (χ2v) is 9.94. The summed E-state index contributed by atoms with van der Waals surface area (Å²) >= 11 is 4.79. The van der Waals surface area contributed by atoms with E-state index in [-0.39, 0.29) is 24.3 Å².